The summed E-state index contributed by atoms with van der Waals surface area (Å²) in [5, 5.41) is 21.6. The SMILES string of the molecule is C=C(CNc1cc(-c2ccc(C(C)(C)F)cc2)c2c(c1C#N)CCO2)C(=O)O. The molecule has 1 heterocycles. The van der Waals surface area contributed by atoms with Crippen molar-refractivity contribution in [1.82, 2.24) is 0 Å². The first-order valence-electron chi connectivity index (χ1n) is 8.90. The van der Waals surface area contributed by atoms with Crippen LogP contribution in [0.3, 0.4) is 0 Å². The van der Waals surface area contributed by atoms with E-state index in [1.54, 1.807) is 18.2 Å². The van der Waals surface area contributed by atoms with Crippen molar-refractivity contribution in [3.05, 3.63) is 59.2 Å². The van der Waals surface area contributed by atoms with Crippen molar-refractivity contribution in [2.24, 2.45) is 0 Å². The Hall–Kier alpha value is -3.33. The molecule has 144 valence electrons. The number of benzene rings is 2. The molecule has 0 saturated carbocycles. The van der Waals surface area contributed by atoms with Crippen LogP contribution in [0.25, 0.3) is 11.1 Å². The molecule has 0 fully saturated rings. The van der Waals surface area contributed by atoms with Crippen LogP contribution in [0.15, 0.2) is 42.5 Å². The van der Waals surface area contributed by atoms with Crippen LogP contribution in [0.4, 0.5) is 10.1 Å². The Morgan fingerprint density at radius 2 is 2.07 bits per heavy atom. The number of carboxylic acids is 1. The lowest BCUT2D eigenvalue weighted by Crippen LogP contribution is -2.12. The number of anilines is 1. The molecule has 0 spiro atoms. The van der Waals surface area contributed by atoms with Crippen LogP contribution >= 0.6 is 0 Å². The van der Waals surface area contributed by atoms with Crippen molar-refractivity contribution < 1.29 is 19.0 Å². The van der Waals surface area contributed by atoms with E-state index in [-0.39, 0.29) is 12.1 Å². The maximum Gasteiger partial charge on any atom is 0.332 e. The third-order valence-corrected chi connectivity index (χ3v) is 4.77. The second-order valence-corrected chi connectivity index (χ2v) is 7.18. The molecule has 28 heavy (non-hydrogen) atoms. The zero-order valence-electron chi connectivity index (χ0n) is 15.8. The van der Waals surface area contributed by atoms with Crippen molar-refractivity contribution in [1.29, 1.82) is 5.26 Å². The molecule has 0 radical (unpaired) electrons. The first-order valence-corrected chi connectivity index (χ1v) is 8.90. The maximum atomic E-state index is 14.2. The topological polar surface area (TPSA) is 82.3 Å². The van der Waals surface area contributed by atoms with E-state index in [4.69, 9.17) is 9.84 Å². The van der Waals surface area contributed by atoms with Gasteiger partial charge in [-0.2, -0.15) is 5.26 Å². The summed E-state index contributed by atoms with van der Waals surface area (Å²) in [7, 11) is 0. The second kappa shape index (κ2) is 7.35. The summed E-state index contributed by atoms with van der Waals surface area (Å²) in [5.41, 5.74) is 2.49. The minimum absolute atomic E-state index is 0.00304. The summed E-state index contributed by atoms with van der Waals surface area (Å²) in [6, 6.07) is 11.1. The number of carbonyl (C=O) groups is 1. The number of rotatable bonds is 6. The molecule has 0 saturated heterocycles. The Bertz CT molecular complexity index is 983. The van der Waals surface area contributed by atoms with Crippen LogP contribution in [0.2, 0.25) is 0 Å². The molecule has 0 atom stereocenters. The molecule has 3 rings (SSSR count). The van der Waals surface area contributed by atoms with Crippen molar-refractivity contribution in [3.8, 4) is 22.9 Å². The summed E-state index contributed by atoms with van der Waals surface area (Å²) < 4.78 is 19.9. The molecule has 2 aromatic rings. The van der Waals surface area contributed by atoms with Gasteiger partial charge < -0.3 is 15.2 Å². The van der Waals surface area contributed by atoms with Gasteiger partial charge in [-0.05, 0) is 31.0 Å². The van der Waals surface area contributed by atoms with Gasteiger partial charge in [-0.1, -0.05) is 30.8 Å². The predicted octanol–water partition coefficient (Wildman–Crippen LogP) is 4.42. The number of nitrogens with one attached hydrogen (secondary N) is 1. The maximum absolute atomic E-state index is 14.2. The lowest BCUT2D eigenvalue weighted by molar-refractivity contribution is -0.132. The highest BCUT2D eigenvalue weighted by Gasteiger charge is 2.25. The summed E-state index contributed by atoms with van der Waals surface area (Å²) in [4.78, 5) is 11.0. The number of carboxylic acid groups (broad SMARTS) is 1. The third kappa shape index (κ3) is 3.70. The van der Waals surface area contributed by atoms with Crippen molar-refractivity contribution in [3.63, 3.8) is 0 Å². The van der Waals surface area contributed by atoms with Gasteiger partial charge in [0.05, 0.1) is 17.9 Å². The Kier molecular flexibility index (Phi) is 5.10. The van der Waals surface area contributed by atoms with E-state index in [0.717, 1.165) is 16.7 Å². The van der Waals surface area contributed by atoms with E-state index < -0.39 is 11.6 Å². The summed E-state index contributed by atoms with van der Waals surface area (Å²) in [6.45, 7) is 6.99. The number of hydrogen-bond donors (Lipinski definition) is 2. The van der Waals surface area contributed by atoms with Gasteiger partial charge in [-0.15, -0.1) is 0 Å². The lowest BCUT2D eigenvalue weighted by Gasteiger charge is -2.17. The molecule has 2 N–H and O–H groups in total. The molecule has 0 aliphatic carbocycles. The van der Waals surface area contributed by atoms with Crippen LogP contribution < -0.4 is 10.1 Å². The van der Waals surface area contributed by atoms with Gasteiger partial charge in [-0.3, -0.25) is 0 Å². The van der Waals surface area contributed by atoms with Crippen LogP contribution in [0, 0.1) is 11.3 Å². The third-order valence-electron chi connectivity index (χ3n) is 4.77. The molecule has 1 aliphatic heterocycles. The molecule has 2 aromatic carbocycles. The molecule has 0 unspecified atom stereocenters. The summed E-state index contributed by atoms with van der Waals surface area (Å²) in [6.07, 6.45) is 0.593. The number of nitriles is 1. The fourth-order valence-corrected chi connectivity index (χ4v) is 3.18. The van der Waals surface area contributed by atoms with Crippen molar-refractivity contribution in [2.45, 2.75) is 25.9 Å². The molecule has 0 aromatic heterocycles. The van der Waals surface area contributed by atoms with Gasteiger partial charge in [0.15, 0.2) is 0 Å². The lowest BCUT2D eigenvalue weighted by atomic mass is 9.93. The molecular formula is C22H21FN2O3. The normalized spacial score (nSPS) is 12.6. The molecule has 6 heteroatoms. The Labute approximate surface area is 163 Å². The van der Waals surface area contributed by atoms with Crippen LogP contribution in [0.1, 0.15) is 30.5 Å². The van der Waals surface area contributed by atoms with E-state index in [1.807, 2.05) is 12.1 Å². The van der Waals surface area contributed by atoms with Crippen LogP contribution in [0.5, 0.6) is 5.75 Å². The van der Waals surface area contributed by atoms with E-state index in [0.29, 0.717) is 35.6 Å². The smallest absolute Gasteiger partial charge is 0.332 e. The highest BCUT2D eigenvalue weighted by molar-refractivity contribution is 5.87. The van der Waals surface area contributed by atoms with Gasteiger partial charge in [0, 0.05) is 29.7 Å². The van der Waals surface area contributed by atoms with E-state index >= 15 is 0 Å². The average molecular weight is 380 g/mol. The van der Waals surface area contributed by atoms with E-state index in [2.05, 4.69) is 18.0 Å². The summed E-state index contributed by atoms with van der Waals surface area (Å²) >= 11 is 0. The Morgan fingerprint density at radius 1 is 1.39 bits per heavy atom. The number of ether oxygens (including phenoxy) is 1. The number of fused-ring (bicyclic) bond motifs is 1. The van der Waals surface area contributed by atoms with Crippen molar-refractivity contribution in [2.75, 3.05) is 18.5 Å². The minimum Gasteiger partial charge on any atom is -0.492 e. The van der Waals surface area contributed by atoms with Crippen LogP contribution in [-0.2, 0) is 16.9 Å². The van der Waals surface area contributed by atoms with Crippen molar-refractivity contribution >= 4 is 11.7 Å². The first kappa shape index (κ1) is 19.4. The standard InChI is InChI=1S/C22H21FN2O3/c1-13(21(26)27)12-25-19-10-17(20-16(8-9-28-20)18(19)11-24)14-4-6-15(7-5-14)22(2,3)23/h4-7,10,25H,1,8-9,12H2,2-3H3,(H,26,27). The van der Waals surface area contributed by atoms with Gasteiger partial charge in [0.25, 0.3) is 0 Å². The Morgan fingerprint density at radius 3 is 2.64 bits per heavy atom. The largest absolute Gasteiger partial charge is 0.492 e. The number of halogens is 1. The number of nitrogens with zero attached hydrogens (tertiary/aromatic N) is 1. The summed E-state index contributed by atoms with van der Waals surface area (Å²) in [5.74, 6) is -0.452. The fraction of sp³-hybridized carbons (Fsp3) is 0.273. The minimum atomic E-state index is -1.44. The molecule has 0 amide bonds. The quantitative estimate of drug-likeness (QED) is 0.725. The zero-order valence-corrected chi connectivity index (χ0v) is 15.8. The average Bonchev–Trinajstić information content (AvgIpc) is 3.14. The number of alkyl halides is 1. The molecule has 0 bridgehead atoms. The Balaban J connectivity index is 2.05. The number of hydrogen-bond acceptors (Lipinski definition) is 4. The molecule has 5 nitrogen and oxygen atoms in total. The zero-order chi connectivity index (χ0) is 20.5. The van der Waals surface area contributed by atoms with E-state index in [1.165, 1.54) is 13.8 Å². The first-order chi connectivity index (χ1) is 13.2. The van der Waals surface area contributed by atoms with Crippen LogP contribution in [-0.4, -0.2) is 24.2 Å². The molecular weight excluding hydrogens is 359 g/mol. The highest BCUT2D eigenvalue weighted by Crippen LogP contribution is 2.42. The second-order valence-electron chi connectivity index (χ2n) is 7.18. The number of aliphatic carboxylic acids is 1. The van der Waals surface area contributed by atoms with Gasteiger partial charge in [0.2, 0.25) is 0 Å². The predicted molar refractivity (Wildman–Crippen MR) is 105 cm³/mol. The molecule has 1 aliphatic rings. The highest BCUT2D eigenvalue weighted by atomic mass is 19.1. The fourth-order valence-electron chi connectivity index (χ4n) is 3.18. The van der Waals surface area contributed by atoms with Gasteiger partial charge in [0.1, 0.15) is 17.5 Å². The van der Waals surface area contributed by atoms with E-state index in [9.17, 15) is 14.4 Å². The van der Waals surface area contributed by atoms with Gasteiger partial charge in [-0.25, -0.2) is 9.18 Å². The van der Waals surface area contributed by atoms with Gasteiger partial charge >= 0.3 is 5.97 Å². The monoisotopic (exact) mass is 380 g/mol.